The van der Waals surface area contributed by atoms with Gasteiger partial charge in [0, 0.05) is 110 Å². The molecule has 0 aliphatic heterocycles. The Kier molecular flexibility index (Phi) is 41.1. The highest BCUT2D eigenvalue weighted by molar-refractivity contribution is 7.96. The minimum absolute atomic E-state index is 0.0675. The Hall–Kier alpha value is -13.4. The molecule has 0 bridgehead atoms. The molecule has 0 saturated heterocycles. The van der Waals surface area contributed by atoms with Gasteiger partial charge in [0.2, 0.25) is 83.1 Å². The van der Waals surface area contributed by atoms with Gasteiger partial charge in [-0.25, -0.2) is 4.79 Å². The summed E-state index contributed by atoms with van der Waals surface area (Å²) >= 11 is 12.4. The number of carbonyl (C=O) groups is 8. The summed E-state index contributed by atoms with van der Waals surface area (Å²) in [5, 5.41) is 7.27. The Bertz CT molecular complexity index is 7000. The normalized spacial score (nSPS) is 12.3. The Labute approximate surface area is 863 Å². The van der Waals surface area contributed by atoms with Crippen molar-refractivity contribution in [2.75, 3.05) is 13.7 Å². The maximum absolute atomic E-state index is 14.3. The lowest BCUT2D eigenvalue weighted by Crippen LogP contribution is -2.35. The van der Waals surface area contributed by atoms with Crippen LogP contribution < -0.4 is 74.3 Å². The topological polar surface area (TPSA) is 287 Å². The lowest BCUT2D eigenvalue weighted by molar-refractivity contribution is -0.140. The van der Waals surface area contributed by atoms with Crippen LogP contribution in [0.5, 0.6) is 0 Å². The quantitative estimate of drug-likeness (QED) is 0.0262. The summed E-state index contributed by atoms with van der Waals surface area (Å²) < 4.78 is 106. The van der Waals surface area contributed by atoms with Crippen molar-refractivity contribution < 1.29 is 79.8 Å². The summed E-state index contributed by atoms with van der Waals surface area (Å²) in [4.78, 5) is 105. The van der Waals surface area contributed by atoms with E-state index in [1.807, 2.05) is 161 Å². The monoisotopic (exact) mass is 2110 g/mol. The van der Waals surface area contributed by atoms with E-state index in [1.165, 1.54) is 26.7 Å². The minimum Gasteiger partial charge on any atom is -0.466 e. The fourth-order valence-corrected chi connectivity index (χ4v) is 34.9. The lowest BCUT2D eigenvalue weighted by Gasteiger charge is -2.35. The van der Waals surface area contributed by atoms with Gasteiger partial charge in [0.1, 0.15) is 0 Å². The smallest absolute Gasteiger partial charge is 0.372 e. The zero-order valence-electron chi connectivity index (χ0n) is 81.7. The van der Waals surface area contributed by atoms with Crippen LogP contribution in [0, 0.1) is 10.8 Å². The van der Waals surface area contributed by atoms with Crippen LogP contribution in [0.25, 0.3) is 0 Å². The van der Waals surface area contributed by atoms with E-state index in [4.69, 9.17) is 27.9 Å². The third-order valence-electron chi connectivity index (χ3n) is 23.8. The van der Waals surface area contributed by atoms with Crippen molar-refractivity contribution in [3.05, 3.63) is 489 Å². The maximum Gasteiger partial charge on any atom is 0.372 e. The Balaban J connectivity index is 0.000000166. The van der Waals surface area contributed by atoms with E-state index in [1.54, 1.807) is 335 Å². The van der Waals surface area contributed by atoms with Gasteiger partial charge in [-0.05, 0) is 44.0 Å². The first kappa shape index (κ1) is 113. The van der Waals surface area contributed by atoms with Crippen molar-refractivity contribution in [1.82, 2.24) is 4.98 Å². The van der Waals surface area contributed by atoms with Gasteiger partial charge in [-0.2, -0.15) is 0 Å². The number of benzene rings is 15. The number of halogens is 2. The molecular weight excluding hydrogens is 2000 g/mol. The number of pyridine rings is 1. The average molecular weight is 2120 g/mol. The van der Waals surface area contributed by atoms with Crippen LogP contribution >= 0.6 is 73.2 Å². The summed E-state index contributed by atoms with van der Waals surface area (Å²) in [5.41, 5.74) is -4.04. The van der Waals surface area contributed by atoms with Gasteiger partial charge in [-0.3, -0.25) is 38.5 Å². The first-order chi connectivity index (χ1) is 70.1. The van der Waals surface area contributed by atoms with Crippen LogP contribution in [0.2, 0.25) is 10.0 Å². The largest absolute Gasteiger partial charge is 0.466 e. The molecule has 744 valence electrons. The van der Waals surface area contributed by atoms with Crippen molar-refractivity contribution in [1.29, 1.82) is 0 Å². The van der Waals surface area contributed by atoms with Crippen molar-refractivity contribution >= 4 is 192 Å². The summed E-state index contributed by atoms with van der Waals surface area (Å²) in [6, 6.07) is 131. The van der Waals surface area contributed by atoms with E-state index in [0.717, 1.165) is 25.7 Å². The second kappa shape index (κ2) is 53.1. The molecule has 1 aliphatic carbocycles. The first-order valence-corrected chi connectivity index (χ1v) is 59.7. The number of rotatable bonds is 27. The molecule has 1 aromatic heterocycles. The molecule has 1 saturated carbocycles. The second-order valence-electron chi connectivity index (χ2n) is 34.8. The Morgan fingerprint density at radius 1 is 0.308 bits per heavy atom. The van der Waals surface area contributed by atoms with Crippen molar-refractivity contribution in [3.8, 4) is 0 Å². The molecule has 0 atom stereocenters. The van der Waals surface area contributed by atoms with E-state index in [0.29, 0.717) is 86.4 Å². The van der Waals surface area contributed by atoms with Crippen LogP contribution in [0.15, 0.2) is 467 Å². The van der Waals surface area contributed by atoms with E-state index < -0.39 is 95.1 Å². The van der Waals surface area contributed by atoms with Gasteiger partial charge in [0.05, 0.1) is 35.7 Å². The number of aromatic nitrogens is 1. The maximum atomic E-state index is 14.3. The van der Waals surface area contributed by atoms with Crippen molar-refractivity contribution in [3.63, 3.8) is 0 Å². The fourth-order valence-electron chi connectivity index (χ4n) is 16.3. The van der Waals surface area contributed by atoms with Crippen LogP contribution in [0.3, 0.4) is 0 Å². The summed E-state index contributed by atoms with van der Waals surface area (Å²) in [6.07, 6.45) is 7.31. The highest BCUT2D eigenvalue weighted by atomic mass is 35.5. The number of methoxy groups -OCH3 is 1. The van der Waals surface area contributed by atoms with Gasteiger partial charge >= 0.3 is 11.7 Å². The van der Waals surface area contributed by atoms with Gasteiger partial charge < -0.3 is 41.4 Å². The van der Waals surface area contributed by atoms with Gasteiger partial charge in [0.15, 0.2) is 0 Å². The first-order valence-electron chi connectivity index (χ1n) is 47.0. The predicted molar refractivity (Wildman–Crippen MR) is 598 cm³/mol. The fraction of sp³-hybridized carbons (Fsp3) is 0.134. The van der Waals surface area contributed by atoms with Crippen LogP contribution in [0.4, 0.5) is 4.79 Å². The summed E-state index contributed by atoms with van der Waals surface area (Å²) in [7, 11) is -23.3. The molecule has 1 aliphatic rings. The van der Waals surface area contributed by atoms with Crippen LogP contribution in [-0.4, -0.2) is 63.5 Å². The van der Waals surface area contributed by atoms with Gasteiger partial charge in [-0.1, -0.05) is 501 Å². The number of esters is 1. The third-order valence-corrected chi connectivity index (χ3v) is 45.2. The average Bonchev–Trinajstić information content (AvgIpc) is 0.747. The van der Waals surface area contributed by atoms with E-state index in [-0.39, 0.29) is 32.6 Å². The van der Waals surface area contributed by atoms with E-state index in [2.05, 4.69) is 9.72 Å². The van der Waals surface area contributed by atoms with Crippen molar-refractivity contribution in [2.24, 2.45) is 10.8 Å². The molecule has 146 heavy (non-hydrogen) atoms. The Morgan fingerprint density at radius 3 is 0.774 bits per heavy atom. The molecule has 0 radical (unpaired) electrons. The number of carbonyl (C=O) groups excluding carboxylic acids is 8. The van der Waals surface area contributed by atoms with E-state index in [9.17, 15) is 70.3 Å². The van der Waals surface area contributed by atoms with Gasteiger partial charge in [-0.15, -0.1) is 0 Å². The minimum atomic E-state index is -3.80. The molecule has 17 rings (SSSR count). The van der Waals surface area contributed by atoms with Gasteiger partial charge in [0.25, 0.3) is 0 Å². The number of nitrogens with zero attached hydrogens (tertiary/aromatic N) is 1. The molecule has 0 N–H and O–H groups in total. The number of hydrogen-bond acceptors (Lipinski definition) is 18. The van der Waals surface area contributed by atoms with Crippen molar-refractivity contribution in [2.45, 2.75) is 80.1 Å². The molecule has 1 heterocycles. The lowest BCUT2D eigenvalue weighted by atomic mass is 9.77. The molecular formula is C119H112Cl2NO17P7. The predicted octanol–water partition coefficient (Wildman–Crippen LogP) is 24.2. The second-order valence-corrected chi connectivity index (χ2v) is 54.3. The highest BCUT2D eigenvalue weighted by Gasteiger charge is 2.49. The SMILES string of the molecule is CC(C)(C)C(=O)P(=O)(c1ccccc1)c1ccccc1.CC1(C(=O)P(=O)(c2ccccc2)c2ccccc2)CCCCC1.CCOC(C)=O.COC(=O)P(=O)(c1ccccc1)c1ccccc1.O=C(CC(=O)P(=O)(c1ccccc1)c1ccccc1)P(=O)(c1ccccc1)c1ccccc1.O=C(c1c(Cl)cccc1Cl)P(=O)(c1ccccc1)c1ccccc1.O=C(c1cccnc1)P(=O)(c1ccccc1)c1ccccc1. The molecule has 1 fully saturated rings. The standard InChI is InChI=1S/C27H22O4P2.C20H23O2P.C19H13Cl2O2P.C18H14NO2P.C17H19O2P.C14H13O3P.C4H8O2/c28-26(32(30,22-13-5-1-6-14-22)23-15-7-2-8-16-23)21-27(29)33(31,24-17-9-3-10-18-24)25-19-11-4-12-20-25;1-20(15-9-4-10-16-20)19(21)23(22,17-11-5-2-6-12-17)18-13-7-3-8-14-18;20-16-12-7-13-17(21)18(16)19(22)24(23,14-8-3-1-4-9-14)15-10-5-2-6-11-15;20-18(15-8-7-13-19-14-15)22(21,16-9-3-1-4-10-16)17-11-5-2-6-12-17;1-17(2,3)16(18)20(19,14-10-6-4-7-11-14)15-12-8-5-9-13-15;1-17-14(15)18(16,12-8-4-2-5-9-12)13-10-6-3-7-11-13;1-3-6-4(2)5/h1-20H,21H2;2-3,5-8,11-14H,4,9-10,15-16H2,1H3;1-13H;1-14H;4-13H,1-3H3;2-11H,1H3;3H2,1-2H3. The highest BCUT2D eigenvalue weighted by Crippen LogP contribution is 2.57. The molecule has 18 nitrogen and oxygen atoms in total. The number of hydrogen-bond donors (Lipinski definition) is 0. The molecule has 0 unspecified atom stereocenters. The molecule has 15 aromatic carbocycles. The molecule has 27 heteroatoms. The third kappa shape index (κ3) is 26.9. The van der Waals surface area contributed by atoms with E-state index >= 15 is 0 Å². The van der Waals surface area contributed by atoms with Crippen LogP contribution in [-0.2, 0) is 65.4 Å². The molecule has 0 amide bonds. The molecule has 0 spiro atoms. The zero-order chi connectivity index (χ0) is 105. The summed E-state index contributed by atoms with van der Waals surface area (Å²) in [5.74, 6) is -0.211. The summed E-state index contributed by atoms with van der Waals surface area (Å²) in [6.45, 7) is 11.1. The van der Waals surface area contributed by atoms with Crippen LogP contribution in [0.1, 0.15) is 101 Å². The zero-order valence-corrected chi connectivity index (χ0v) is 89.5. The Morgan fingerprint density at radius 2 is 0.548 bits per heavy atom. The number of ether oxygens (including phenoxy) is 2. The molecule has 16 aromatic rings.